The maximum absolute atomic E-state index is 10.2. The Balaban J connectivity index is 1.38. The summed E-state index contributed by atoms with van der Waals surface area (Å²) in [6, 6.07) is 18.8. The number of phenolic OH excluding ortho intramolecular Hbond substituents is 1. The van der Waals surface area contributed by atoms with Crippen LogP contribution in [0.5, 0.6) is 5.75 Å². The van der Waals surface area contributed by atoms with Crippen molar-refractivity contribution in [3.63, 3.8) is 0 Å². The SMILES string of the molecule is Oc1c(Br)cc(Br)cc1/C=N\N1CCN(Cc2cccc3ccccc23)CC1. The molecule has 0 aromatic heterocycles. The molecule has 4 rings (SSSR count). The minimum Gasteiger partial charge on any atom is -0.506 e. The third-order valence-electron chi connectivity index (χ3n) is 5.04. The van der Waals surface area contributed by atoms with E-state index in [1.54, 1.807) is 6.21 Å². The highest BCUT2D eigenvalue weighted by atomic mass is 79.9. The zero-order valence-corrected chi connectivity index (χ0v) is 18.5. The molecule has 0 aliphatic carbocycles. The summed E-state index contributed by atoms with van der Waals surface area (Å²) in [7, 11) is 0. The van der Waals surface area contributed by atoms with Crippen LogP contribution < -0.4 is 0 Å². The largest absolute Gasteiger partial charge is 0.506 e. The van der Waals surface area contributed by atoms with Gasteiger partial charge in [-0.15, -0.1) is 0 Å². The number of hydrazone groups is 1. The Hall–Kier alpha value is -1.89. The molecule has 0 unspecified atom stereocenters. The molecule has 0 spiro atoms. The molecule has 1 heterocycles. The van der Waals surface area contributed by atoms with Crippen LogP contribution in [-0.2, 0) is 6.54 Å². The van der Waals surface area contributed by atoms with Gasteiger partial charge in [-0.2, -0.15) is 5.10 Å². The van der Waals surface area contributed by atoms with Crippen molar-refractivity contribution in [1.82, 2.24) is 9.91 Å². The van der Waals surface area contributed by atoms with Crippen LogP contribution in [0.1, 0.15) is 11.1 Å². The molecule has 1 fully saturated rings. The number of fused-ring (bicyclic) bond motifs is 1. The van der Waals surface area contributed by atoms with Crippen molar-refractivity contribution in [3.05, 3.63) is 74.7 Å². The number of benzene rings is 3. The molecule has 0 saturated carbocycles. The van der Waals surface area contributed by atoms with E-state index in [9.17, 15) is 5.11 Å². The first-order valence-electron chi connectivity index (χ1n) is 9.26. The molecular weight excluding hydrogens is 482 g/mol. The molecule has 3 aromatic carbocycles. The normalized spacial score (nSPS) is 15.6. The predicted octanol–water partition coefficient (Wildman–Crippen LogP) is 5.22. The van der Waals surface area contributed by atoms with Gasteiger partial charge in [-0.05, 0) is 44.4 Å². The summed E-state index contributed by atoms with van der Waals surface area (Å²) < 4.78 is 1.56. The lowest BCUT2D eigenvalue weighted by Crippen LogP contribution is -2.43. The average molecular weight is 503 g/mol. The number of nitrogens with zero attached hydrogens (tertiary/aromatic N) is 3. The van der Waals surface area contributed by atoms with Crippen molar-refractivity contribution in [2.24, 2.45) is 5.10 Å². The monoisotopic (exact) mass is 501 g/mol. The summed E-state index contributed by atoms with van der Waals surface area (Å²) >= 11 is 6.80. The average Bonchev–Trinajstić information content (AvgIpc) is 2.71. The van der Waals surface area contributed by atoms with Crippen LogP contribution in [-0.4, -0.2) is 47.4 Å². The van der Waals surface area contributed by atoms with E-state index in [1.807, 2.05) is 12.1 Å². The van der Waals surface area contributed by atoms with Crippen molar-refractivity contribution in [1.29, 1.82) is 0 Å². The lowest BCUT2D eigenvalue weighted by molar-refractivity contribution is 0.131. The van der Waals surface area contributed by atoms with E-state index in [1.165, 1.54) is 16.3 Å². The van der Waals surface area contributed by atoms with Crippen molar-refractivity contribution in [3.8, 4) is 5.75 Å². The van der Waals surface area contributed by atoms with E-state index in [2.05, 4.69) is 89.3 Å². The van der Waals surface area contributed by atoms with Gasteiger partial charge in [0.05, 0.1) is 10.7 Å². The van der Waals surface area contributed by atoms with Crippen molar-refractivity contribution in [2.75, 3.05) is 26.2 Å². The van der Waals surface area contributed by atoms with Gasteiger partial charge in [0.1, 0.15) is 5.75 Å². The molecule has 4 nitrogen and oxygen atoms in total. The molecule has 1 saturated heterocycles. The first-order valence-corrected chi connectivity index (χ1v) is 10.8. The van der Waals surface area contributed by atoms with Crippen LogP contribution in [0.2, 0.25) is 0 Å². The van der Waals surface area contributed by atoms with Crippen LogP contribution in [0.25, 0.3) is 10.8 Å². The smallest absolute Gasteiger partial charge is 0.138 e. The molecule has 3 aromatic rings. The second-order valence-electron chi connectivity index (χ2n) is 6.94. The van der Waals surface area contributed by atoms with Gasteiger partial charge in [0, 0.05) is 42.8 Å². The summed E-state index contributed by atoms with van der Waals surface area (Å²) in [5.74, 6) is 0.210. The Kier molecular flexibility index (Phi) is 5.99. The third kappa shape index (κ3) is 4.40. The second-order valence-corrected chi connectivity index (χ2v) is 8.71. The molecule has 144 valence electrons. The molecule has 28 heavy (non-hydrogen) atoms. The maximum atomic E-state index is 10.2. The Morgan fingerprint density at radius 2 is 1.71 bits per heavy atom. The van der Waals surface area contributed by atoms with Gasteiger partial charge in [0.25, 0.3) is 0 Å². The van der Waals surface area contributed by atoms with E-state index >= 15 is 0 Å². The summed E-state index contributed by atoms with van der Waals surface area (Å²) in [6.07, 6.45) is 1.73. The first-order chi connectivity index (χ1) is 13.6. The fourth-order valence-corrected chi connectivity index (χ4v) is 4.77. The van der Waals surface area contributed by atoms with E-state index < -0.39 is 0 Å². The molecule has 1 N–H and O–H groups in total. The third-order valence-corrected chi connectivity index (χ3v) is 6.10. The zero-order chi connectivity index (χ0) is 19.5. The van der Waals surface area contributed by atoms with Crippen LogP contribution in [0, 0.1) is 0 Å². The van der Waals surface area contributed by atoms with E-state index in [-0.39, 0.29) is 5.75 Å². The second kappa shape index (κ2) is 8.64. The van der Waals surface area contributed by atoms with Gasteiger partial charge >= 0.3 is 0 Å². The highest BCUT2D eigenvalue weighted by molar-refractivity contribution is 9.11. The number of phenols is 1. The van der Waals surface area contributed by atoms with Crippen LogP contribution in [0.4, 0.5) is 0 Å². The zero-order valence-electron chi connectivity index (χ0n) is 15.4. The number of halogens is 2. The fraction of sp³-hybridized carbons (Fsp3) is 0.227. The van der Waals surface area contributed by atoms with Crippen LogP contribution >= 0.6 is 31.9 Å². The summed E-state index contributed by atoms with van der Waals surface area (Å²) in [4.78, 5) is 2.47. The molecule has 0 radical (unpaired) electrons. The maximum Gasteiger partial charge on any atom is 0.138 e. The Morgan fingerprint density at radius 1 is 0.964 bits per heavy atom. The Labute approximate surface area is 181 Å². The Morgan fingerprint density at radius 3 is 2.54 bits per heavy atom. The van der Waals surface area contributed by atoms with Crippen molar-refractivity contribution < 1.29 is 5.11 Å². The summed E-state index contributed by atoms with van der Waals surface area (Å²) in [5, 5.41) is 19.4. The number of piperazine rings is 1. The van der Waals surface area contributed by atoms with Crippen LogP contribution in [0.3, 0.4) is 0 Å². The number of hydrogen-bond donors (Lipinski definition) is 1. The standard InChI is InChI=1S/C22H21Br2N3O/c23-19-12-18(22(28)21(24)13-19)14-25-27-10-8-26(9-11-27)15-17-6-3-5-16-4-1-2-7-20(16)17/h1-7,12-14,28H,8-11,15H2/b25-14-. The van der Waals surface area contributed by atoms with Crippen LogP contribution in [0.15, 0.2) is 68.6 Å². The van der Waals surface area contributed by atoms with Gasteiger partial charge in [-0.25, -0.2) is 0 Å². The van der Waals surface area contributed by atoms with Crippen molar-refractivity contribution >= 4 is 48.8 Å². The first kappa shape index (κ1) is 19.4. The summed E-state index contributed by atoms with van der Waals surface area (Å²) in [6.45, 7) is 4.64. The number of rotatable bonds is 4. The fourth-order valence-electron chi connectivity index (χ4n) is 3.51. The number of aromatic hydroxyl groups is 1. The van der Waals surface area contributed by atoms with Gasteiger partial charge in [-0.3, -0.25) is 9.91 Å². The highest BCUT2D eigenvalue weighted by Crippen LogP contribution is 2.30. The molecule has 0 amide bonds. The van der Waals surface area contributed by atoms with Gasteiger partial charge in [-0.1, -0.05) is 58.4 Å². The molecule has 1 aliphatic heterocycles. The molecule has 1 aliphatic rings. The lowest BCUT2D eigenvalue weighted by atomic mass is 10.0. The molecule has 0 bridgehead atoms. The topological polar surface area (TPSA) is 39.1 Å². The minimum atomic E-state index is 0.210. The Bertz CT molecular complexity index is 1010. The van der Waals surface area contributed by atoms with E-state index in [0.717, 1.165) is 37.2 Å². The lowest BCUT2D eigenvalue weighted by Gasteiger charge is -2.33. The summed E-state index contributed by atoms with van der Waals surface area (Å²) in [5.41, 5.74) is 2.07. The van der Waals surface area contributed by atoms with Gasteiger partial charge in [0.15, 0.2) is 0 Å². The quantitative estimate of drug-likeness (QED) is 0.497. The molecule has 6 heteroatoms. The number of hydrogen-bond acceptors (Lipinski definition) is 4. The highest BCUT2D eigenvalue weighted by Gasteiger charge is 2.16. The van der Waals surface area contributed by atoms with E-state index in [0.29, 0.717) is 10.0 Å². The van der Waals surface area contributed by atoms with Crippen molar-refractivity contribution in [2.45, 2.75) is 6.54 Å². The predicted molar refractivity (Wildman–Crippen MR) is 122 cm³/mol. The van der Waals surface area contributed by atoms with E-state index in [4.69, 9.17) is 0 Å². The minimum absolute atomic E-state index is 0.210. The molecule has 0 atom stereocenters. The molecular formula is C22H21Br2N3O. The van der Waals surface area contributed by atoms with Gasteiger partial charge < -0.3 is 5.11 Å². The van der Waals surface area contributed by atoms with Gasteiger partial charge in [0.2, 0.25) is 0 Å².